The Labute approximate surface area is 109 Å². The molecule has 5 nitrogen and oxygen atoms in total. The van der Waals surface area contributed by atoms with Crippen molar-refractivity contribution in [3.05, 3.63) is 40.0 Å². The van der Waals surface area contributed by atoms with Crippen LogP contribution in [0, 0.1) is 13.8 Å². The van der Waals surface area contributed by atoms with Crippen LogP contribution in [0.3, 0.4) is 0 Å². The lowest BCUT2D eigenvalue weighted by Gasteiger charge is -2.08. The number of fused-ring (bicyclic) bond motifs is 1. The predicted molar refractivity (Wildman–Crippen MR) is 71.9 cm³/mol. The molecule has 0 saturated carbocycles. The van der Waals surface area contributed by atoms with Gasteiger partial charge in [0.05, 0.1) is 0 Å². The zero-order valence-electron chi connectivity index (χ0n) is 10.2. The largest absolute Gasteiger partial charge is 0.366 e. The lowest BCUT2D eigenvalue weighted by atomic mass is 10.2. The summed E-state index contributed by atoms with van der Waals surface area (Å²) in [6.45, 7) is 4.86. The summed E-state index contributed by atoms with van der Waals surface area (Å²) in [4.78, 5) is 8.42. The molecule has 6 heteroatoms. The van der Waals surface area contributed by atoms with Crippen molar-refractivity contribution in [2.45, 2.75) is 20.4 Å². The Balaban J connectivity index is 1.90. The van der Waals surface area contributed by atoms with E-state index in [0.29, 0.717) is 5.78 Å². The van der Waals surface area contributed by atoms with Crippen molar-refractivity contribution in [2.24, 2.45) is 0 Å². The highest BCUT2D eigenvalue weighted by Crippen LogP contribution is 2.16. The quantitative estimate of drug-likeness (QED) is 0.784. The molecule has 0 aromatic carbocycles. The van der Waals surface area contributed by atoms with Crippen LogP contribution in [0.2, 0.25) is 0 Å². The van der Waals surface area contributed by atoms with E-state index in [4.69, 9.17) is 0 Å². The minimum Gasteiger partial charge on any atom is -0.366 e. The molecule has 1 N–H and O–H groups in total. The molecule has 3 aromatic heterocycles. The maximum atomic E-state index is 4.31. The van der Waals surface area contributed by atoms with E-state index in [1.54, 1.807) is 15.9 Å². The Bertz CT molecular complexity index is 685. The molecular formula is C12H13N5S. The van der Waals surface area contributed by atoms with Crippen LogP contribution in [0.25, 0.3) is 5.78 Å². The number of rotatable bonds is 3. The maximum absolute atomic E-state index is 4.31. The number of nitrogens with one attached hydrogen (secondary N) is 1. The molecule has 0 aliphatic rings. The molecule has 3 aromatic rings. The van der Waals surface area contributed by atoms with Gasteiger partial charge in [0.25, 0.3) is 5.78 Å². The second-order valence-electron chi connectivity index (χ2n) is 4.19. The second-order valence-corrected chi connectivity index (χ2v) is 4.93. The topological polar surface area (TPSA) is 55.1 Å². The minimum atomic E-state index is 0.625. The lowest BCUT2D eigenvalue weighted by molar-refractivity contribution is 0.916. The molecule has 0 amide bonds. The van der Waals surface area contributed by atoms with Crippen molar-refractivity contribution in [1.29, 1.82) is 0 Å². The van der Waals surface area contributed by atoms with Gasteiger partial charge in [-0.1, -0.05) is 0 Å². The lowest BCUT2D eigenvalue weighted by Crippen LogP contribution is -2.07. The summed E-state index contributed by atoms with van der Waals surface area (Å²) in [5.41, 5.74) is 3.55. The molecule has 0 spiro atoms. The van der Waals surface area contributed by atoms with Gasteiger partial charge in [-0.2, -0.15) is 25.9 Å². The Morgan fingerprint density at radius 2 is 2.22 bits per heavy atom. The van der Waals surface area contributed by atoms with Gasteiger partial charge in [-0.3, -0.25) is 0 Å². The summed E-state index contributed by atoms with van der Waals surface area (Å²) in [6, 6.07) is 1.98. The van der Waals surface area contributed by atoms with Crippen LogP contribution in [0.15, 0.2) is 23.2 Å². The van der Waals surface area contributed by atoms with E-state index in [1.165, 1.54) is 17.5 Å². The summed E-state index contributed by atoms with van der Waals surface area (Å²) in [6.07, 6.45) is 1.52. The first-order valence-corrected chi connectivity index (χ1v) is 6.61. The number of hydrogen-bond donors (Lipinski definition) is 1. The second kappa shape index (κ2) is 4.38. The van der Waals surface area contributed by atoms with Gasteiger partial charge in [-0.05, 0) is 35.7 Å². The normalized spacial score (nSPS) is 11.0. The summed E-state index contributed by atoms with van der Waals surface area (Å²) in [5.74, 6) is 1.54. The van der Waals surface area contributed by atoms with E-state index in [2.05, 4.69) is 38.1 Å². The van der Waals surface area contributed by atoms with Crippen LogP contribution in [0.1, 0.15) is 16.8 Å². The van der Waals surface area contributed by atoms with Crippen molar-refractivity contribution in [3.63, 3.8) is 0 Å². The molecule has 0 radical (unpaired) electrons. The monoisotopic (exact) mass is 259 g/mol. The highest BCUT2D eigenvalue weighted by atomic mass is 32.1. The Morgan fingerprint density at radius 1 is 1.33 bits per heavy atom. The molecular weight excluding hydrogens is 246 g/mol. The summed E-state index contributed by atoms with van der Waals surface area (Å²) in [5, 5.41) is 11.9. The molecule has 0 bridgehead atoms. The molecule has 3 heterocycles. The van der Waals surface area contributed by atoms with Gasteiger partial charge in [0, 0.05) is 18.3 Å². The van der Waals surface area contributed by atoms with E-state index in [9.17, 15) is 0 Å². The zero-order chi connectivity index (χ0) is 12.5. The average molecular weight is 259 g/mol. The number of nitrogens with zero attached hydrogens (tertiary/aromatic N) is 4. The van der Waals surface area contributed by atoms with E-state index in [0.717, 1.165) is 18.1 Å². The van der Waals surface area contributed by atoms with Crippen molar-refractivity contribution in [1.82, 2.24) is 19.6 Å². The highest BCUT2D eigenvalue weighted by molar-refractivity contribution is 7.08. The van der Waals surface area contributed by atoms with Gasteiger partial charge >= 0.3 is 0 Å². The van der Waals surface area contributed by atoms with E-state index < -0.39 is 0 Å². The molecule has 18 heavy (non-hydrogen) atoms. The van der Waals surface area contributed by atoms with Gasteiger partial charge in [0.2, 0.25) is 0 Å². The molecule has 0 unspecified atom stereocenters. The Kier molecular flexibility index (Phi) is 2.71. The predicted octanol–water partition coefficient (Wildman–Crippen LogP) is 2.41. The van der Waals surface area contributed by atoms with Gasteiger partial charge < -0.3 is 5.32 Å². The average Bonchev–Trinajstić information content (AvgIpc) is 2.94. The first-order valence-electron chi connectivity index (χ1n) is 5.67. The minimum absolute atomic E-state index is 0.625. The van der Waals surface area contributed by atoms with Crippen molar-refractivity contribution >= 4 is 22.9 Å². The van der Waals surface area contributed by atoms with Crippen LogP contribution < -0.4 is 5.32 Å². The molecule has 3 rings (SSSR count). The van der Waals surface area contributed by atoms with Crippen LogP contribution in [0.5, 0.6) is 0 Å². The van der Waals surface area contributed by atoms with Crippen LogP contribution >= 0.6 is 11.3 Å². The molecule has 0 aliphatic carbocycles. The number of aryl methyl sites for hydroxylation is 2. The Morgan fingerprint density at radius 3 is 3.00 bits per heavy atom. The van der Waals surface area contributed by atoms with Gasteiger partial charge in [0.15, 0.2) is 0 Å². The highest BCUT2D eigenvalue weighted by Gasteiger charge is 2.06. The molecule has 0 saturated heterocycles. The number of anilines is 1. The maximum Gasteiger partial charge on any atom is 0.254 e. The first-order chi connectivity index (χ1) is 8.74. The number of hydrogen-bond acceptors (Lipinski definition) is 5. The fourth-order valence-electron chi connectivity index (χ4n) is 1.81. The molecule has 0 aliphatic heterocycles. The van der Waals surface area contributed by atoms with Crippen LogP contribution in [-0.2, 0) is 6.54 Å². The zero-order valence-corrected chi connectivity index (χ0v) is 11.0. The SMILES string of the molecule is Cc1cc(NCc2cscc2C)n2ncnc2n1. The third-order valence-electron chi connectivity index (χ3n) is 2.80. The third-order valence-corrected chi connectivity index (χ3v) is 3.71. The summed E-state index contributed by atoms with van der Waals surface area (Å²) in [7, 11) is 0. The van der Waals surface area contributed by atoms with E-state index in [1.807, 2.05) is 13.0 Å². The van der Waals surface area contributed by atoms with E-state index >= 15 is 0 Å². The number of thiophene rings is 1. The third kappa shape index (κ3) is 1.95. The first kappa shape index (κ1) is 11.2. The summed E-state index contributed by atoms with van der Waals surface area (Å²) >= 11 is 1.72. The fraction of sp³-hybridized carbons (Fsp3) is 0.250. The fourth-order valence-corrected chi connectivity index (χ4v) is 2.67. The van der Waals surface area contributed by atoms with Crippen molar-refractivity contribution in [3.8, 4) is 0 Å². The standard InChI is InChI=1S/C12H13N5S/c1-8-5-18-6-10(8)4-13-11-3-9(2)16-12-14-7-15-17(11)12/h3,5-7,13H,4H2,1-2H3. The molecule has 0 fully saturated rings. The summed E-state index contributed by atoms with van der Waals surface area (Å²) < 4.78 is 1.72. The van der Waals surface area contributed by atoms with Crippen molar-refractivity contribution in [2.75, 3.05) is 5.32 Å². The van der Waals surface area contributed by atoms with Gasteiger partial charge in [0.1, 0.15) is 12.1 Å². The van der Waals surface area contributed by atoms with E-state index in [-0.39, 0.29) is 0 Å². The number of aromatic nitrogens is 4. The molecule has 0 atom stereocenters. The Hall–Kier alpha value is -1.95. The van der Waals surface area contributed by atoms with Crippen LogP contribution in [0.4, 0.5) is 5.82 Å². The van der Waals surface area contributed by atoms with Gasteiger partial charge in [-0.25, -0.2) is 4.98 Å². The van der Waals surface area contributed by atoms with Crippen molar-refractivity contribution < 1.29 is 0 Å². The smallest absolute Gasteiger partial charge is 0.254 e. The van der Waals surface area contributed by atoms with Gasteiger partial charge in [-0.15, -0.1) is 0 Å². The van der Waals surface area contributed by atoms with Crippen LogP contribution in [-0.4, -0.2) is 19.6 Å². The molecule has 92 valence electrons.